The topological polar surface area (TPSA) is 32.3 Å². The molecule has 0 aliphatic carbocycles. The van der Waals surface area contributed by atoms with Crippen molar-refractivity contribution in [3.8, 4) is 0 Å². The molecule has 0 bridgehead atoms. The van der Waals surface area contributed by atoms with E-state index in [0.717, 1.165) is 26.1 Å². The van der Waals surface area contributed by atoms with E-state index in [1.165, 1.54) is 25.7 Å². The van der Waals surface area contributed by atoms with E-state index >= 15 is 0 Å². The van der Waals surface area contributed by atoms with Crippen molar-refractivity contribution < 1.29 is 4.79 Å². The number of amides is 1. The van der Waals surface area contributed by atoms with Crippen molar-refractivity contribution in [1.29, 1.82) is 0 Å². The van der Waals surface area contributed by atoms with Gasteiger partial charge in [0.2, 0.25) is 5.91 Å². The quantitative estimate of drug-likeness (QED) is 0.779. The minimum atomic E-state index is 0.331. The molecule has 0 aromatic carbocycles. The first kappa shape index (κ1) is 13.5. The smallest absolute Gasteiger partial charge is 0.223 e. The van der Waals surface area contributed by atoms with Gasteiger partial charge >= 0.3 is 0 Å². The van der Waals surface area contributed by atoms with Gasteiger partial charge in [-0.1, -0.05) is 19.8 Å². The van der Waals surface area contributed by atoms with Crippen LogP contribution in [-0.4, -0.2) is 36.5 Å². The van der Waals surface area contributed by atoms with Gasteiger partial charge in [0.1, 0.15) is 0 Å². The third-order valence-electron chi connectivity index (χ3n) is 3.40. The zero-order valence-corrected chi connectivity index (χ0v) is 10.8. The summed E-state index contributed by atoms with van der Waals surface area (Å²) in [5.74, 6) is 0.331. The van der Waals surface area contributed by atoms with Crippen LogP contribution in [0.5, 0.6) is 0 Å². The highest BCUT2D eigenvalue weighted by Gasteiger charge is 2.14. The zero-order chi connectivity index (χ0) is 11.8. The molecule has 0 aromatic heterocycles. The van der Waals surface area contributed by atoms with Crippen LogP contribution in [0.2, 0.25) is 0 Å². The predicted molar refractivity (Wildman–Crippen MR) is 67.4 cm³/mol. The summed E-state index contributed by atoms with van der Waals surface area (Å²) in [6.45, 7) is 7.10. The molecule has 1 fully saturated rings. The highest BCUT2D eigenvalue weighted by molar-refractivity contribution is 5.76. The fourth-order valence-electron chi connectivity index (χ4n) is 2.05. The summed E-state index contributed by atoms with van der Waals surface area (Å²) in [6.07, 6.45) is 6.72. The second-order valence-corrected chi connectivity index (χ2v) is 4.81. The number of carbonyl (C=O) groups excluding carboxylic acids is 1. The monoisotopic (exact) mass is 226 g/mol. The normalized spacial score (nSPS) is 19.2. The molecule has 3 nitrogen and oxygen atoms in total. The highest BCUT2D eigenvalue weighted by atomic mass is 16.2. The van der Waals surface area contributed by atoms with Gasteiger partial charge in [0.15, 0.2) is 0 Å². The van der Waals surface area contributed by atoms with E-state index in [1.54, 1.807) is 0 Å². The lowest BCUT2D eigenvalue weighted by Gasteiger charge is -2.20. The fraction of sp³-hybridized carbons (Fsp3) is 0.923. The summed E-state index contributed by atoms with van der Waals surface area (Å²) in [5.41, 5.74) is 0. The molecule has 1 N–H and O–H groups in total. The first-order valence-electron chi connectivity index (χ1n) is 6.75. The van der Waals surface area contributed by atoms with Crippen molar-refractivity contribution >= 4 is 5.91 Å². The number of nitrogens with one attached hydrogen (secondary N) is 1. The van der Waals surface area contributed by atoms with Crippen molar-refractivity contribution in [2.24, 2.45) is 0 Å². The minimum absolute atomic E-state index is 0.331. The van der Waals surface area contributed by atoms with Gasteiger partial charge < -0.3 is 10.2 Å². The van der Waals surface area contributed by atoms with Crippen LogP contribution in [0.25, 0.3) is 0 Å². The fourth-order valence-corrected chi connectivity index (χ4v) is 2.05. The molecule has 1 saturated heterocycles. The number of hydrogen-bond acceptors (Lipinski definition) is 2. The summed E-state index contributed by atoms with van der Waals surface area (Å²) >= 11 is 0. The molecular weight excluding hydrogens is 200 g/mol. The predicted octanol–water partition coefficient (Wildman–Crippen LogP) is 2.17. The van der Waals surface area contributed by atoms with Crippen LogP contribution < -0.4 is 5.32 Å². The van der Waals surface area contributed by atoms with E-state index in [9.17, 15) is 4.79 Å². The Labute approximate surface area is 99.6 Å². The van der Waals surface area contributed by atoms with E-state index in [0.29, 0.717) is 18.4 Å². The van der Waals surface area contributed by atoms with Gasteiger partial charge in [0, 0.05) is 32.1 Å². The van der Waals surface area contributed by atoms with Crippen molar-refractivity contribution in [2.75, 3.05) is 19.6 Å². The molecule has 1 rings (SSSR count). The Morgan fingerprint density at radius 1 is 1.25 bits per heavy atom. The lowest BCUT2D eigenvalue weighted by Crippen LogP contribution is -2.35. The Kier molecular flexibility index (Phi) is 6.46. The Bertz CT molecular complexity index is 198. The Morgan fingerprint density at radius 2 is 1.88 bits per heavy atom. The van der Waals surface area contributed by atoms with Crippen molar-refractivity contribution in [3.63, 3.8) is 0 Å². The van der Waals surface area contributed by atoms with Crippen LogP contribution >= 0.6 is 0 Å². The van der Waals surface area contributed by atoms with Gasteiger partial charge in [-0.05, 0) is 26.2 Å². The standard InChI is InChI=1S/C13H26N2O/c1-3-12(2)14-9-8-13(16)15-10-6-4-5-7-11-15/h12,14H,3-11H2,1-2H3. The lowest BCUT2D eigenvalue weighted by atomic mass is 10.2. The van der Waals surface area contributed by atoms with Crippen molar-refractivity contribution in [1.82, 2.24) is 10.2 Å². The zero-order valence-electron chi connectivity index (χ0n) is 10.8. The van der Waals surface area contributed by atoms with Crippen LogP contribution in [0.4, 0.5) is 0 Å². The van der Waals surface area contributed by atoms with Gasteiger partial charge in [-0.3, -0.25) is 4.79 Å². The summed E-state index contributed by atoms with van der Waals surface area (Å²) in [6, 6.07) is 0.525. The first-order valence-corrected chi connectivity index (χ1v) is 6.75. The molecule has 1 unspecified atom stereocenters. The molecule has 0 saturated carbocycles. The van der Waals surface area contributed by atoms with Crippen LogP contribution in [0, 0.1) is 0 Å². The van der Waals surface area contributed by atoms with Crippen LogP contribution in [-0.2, 0) is 4.79 Å². The first-order chi connectivity index (χ1) is 7.74. The van der Waals surface area contributed by atoms with E-state index in [2.05, 4.69) is 19.2 Å². The minimum Gasteiger partial charge on any atom is -0.343 e. The molecule has 1 heterocycles. The third kappa shape index (κ3) is 4.97. The van der Waals surface area contributed by atoms with Gasteiger partial charge in [0.05, 0.1) is 0 Å². The second kappa shape index (κ2) is 7.66. The SMILES string of the molecule is CCC(C)NCCC(=O)N1CCCCCC1. The highest BCUT2D eigenvalue weighted by Crippen LogP contribution is 2.10. The molecule has 1 aliphatic rings. The number of hydrogen-bond donors (Lipinski definition) is 1. The molecular formula is C13H26N2O. The van der Waals surface area contributed by atoms with Crippen LogP contribution in [0.1, 0.15) is 52.4 Å². The number of nitrogens with zero attached hydrogens (tertiary/aromatic N) is 1. The maximum Gasteiger partial charge on any atom is 0.223 e. The van der Waals surface area contributed by atoms with Crippen molar-refractivity contribution in [2.45, 2.75) is 58.4 Å². The maximum absolute atomic E-state index is 11.9. The molecule has 94 valence electrons. The summed E-state index contributed by atoms with van der Waals surface area (Å²) in [5, 5.41) is 3.37. The Morgan fingerprint density at radius 3 is 2.44 bits per heavy atom. The molecule has 16 heavy (non-hydrogen) atoms. The molecule has 1 aliphatic heterocycles. The largest absolute Gasteiger partial charge is 0.343 e. The summed E-state index contributed by atoms with van der Waals surface area (Å²) in [7, 11) is 0. The van der Waals surface area contributed by atoms with E-state index in [-0.39, 0.29) is 0 Å². The molecule has 0 spiro atoms. The number of carbonyl (C=O) groups is 1. The van der Waals surface area contributed by atoms with E-state index in [4.69, 9.17) is 0 Å². The average Bonchev–Trinajstić information content (AvgIpc) is 2.57. The van der Waals surface area contributed by atoms with Crippen molar-refractivity contribution in [3.05, 3.63) is 0 Å². The van der Waals surface area contributed by atoms with E-state index < -0.39 is 0 Å². The number of likely N-dealkylation sites (tertiary alicyclic amines) is 1. The molecule has 1 amide bonds. The number of rotatable bonds is 5. The van der Waals surface area contributed by atoms with Gasteiger partial charge in [-0.25, -0.2) is 0 Å². The van der Waals surface area contributed by atoms with E-state index in [1.807, 2.05) is 4.90 Å². The Balaban J connectivity index is 2.17. The molecule has 3 heteroatoms. The molecule has 1 atom stereocenters. The molecule has 0 aromatic rings. The second-order valence-electron chi connectivity index (χ2n) is 4.81. The van der Waals surface area contributed by atoms with Crippen LogP contribution in [0.3, 0.4) is 0 Å². The average molecular weight is 226 g/mol. The van der Waals surface area contributed by atoms with Gasteiger partial charge in [-0.15, -0.1) is 0 Å². The maximum atomic E-state index is 11.9. The third-order valence-corrected chi connectivity index (χ3v) is 3.40. The van der Waals surface area contributed by atoms with Gasteiger partial charge in [0.25, 0.3) is 0 Å². The lowest BCUT2D eigenvalue weighted by molar-refractivity contribution is -0.131. The summed E-state index contributed by atoms with van der Waals surface area (Å²) < 4.78 is 0. The molecule has 0 radical (unpaired) electrons. The van der Waals surface area contributed by atoms with Gasteiger partial charge in [-0.2, -0.15) is 0 Å². The summed E-state index contributed by atoms with van der Waals surface area (Å²) in [4.78, 5) is 14.0. The Hall–Kier alpha value is -0.570. The van der Waals surface area contributed by atoms with Crippen LogP contribution in [0.15, 0.2) is 0 Å².